The molecule has 2 aliphatic heterocycles. The minimum atomic E-state index is -3.87. The Morgan fingerprint density at radius 1 is 1.11 bits per heavy atom. The van der Waals surface area contributed by atoms with Gasteiger partial charge in [0.1, 0.15) is 5.75 Å². The van der Waals surface area contributed by atoms with Crippen molar-refractivity contribution in [1.29, 1.82) is 0 Å². The number of nitrogens with zero attached hydrogens (tertiary/aromatic N) is 1. The Morgan fingerprint density at radius 3 is 2.73 bits per heavy atom. The van der Waals surface area contributed by atoms with Gasteiger partial charge in [0.15, 0.2) is 0 Å². The van der Waals surface area contributed by atoms with Gasteiger partial charge >= 0.3 is 0 Å². The predicted molar refractivity (Wildman–Crippen MR) is 177 cm³/mol. The Hall–Kier alpha value is -2.59. The summed E-state index contributed by atoms with van der Waals surface area (Å²) in [5.41, 5.74) is 3.42. The molecule has 0 aromatic heterocycles. The van der Waals surface area contributed by atoms with E-state index in [0.29, 0.717) is 43.0 Å². The largest absolute Gasteiger partial charge is 0.490 e. The van der Waals surface area contributed by atoms with Gasteiger partial charge in [0.2, 0.25) is 10.0 Å². The molecule has 1 spiro atoms. The van der Waals surface area contributed by atoms with Crippen molar-refractivity contribution in [3.05, 3.63) is 70.3 Å². The Bertz CT molecular complexity index is 1550. The van der Waals surface area contributed by atoms with E-state index in [-0.39, 0.29) is 29.1 Å². The molecule has 2 aromatic rings. The molecule has 244 valence electrons. The summed E-state index contributed by atoms with van der Waals surface area (Å²) < 4.78 is 46.9. The van der Waals surface area contributed by atoms with Crippen molar-refractivity contribution >= 4 is 33.2 Å². The van der Waals surface area contributed by atoms with Crippen LogP contribution in [0.3, 0.4) is 0 Å². The van der Waals surface area contributed by atoms with Crippen molar-refractivity contribution < 1.29 is 27.4 Å². The third kappa shape index (κ3) is 6.92. The molecule has 0 radical (unpaired) electrons. The van der Waals surface area contributed by atoms with Crippen molar-refractivity contribution in [3.63, 3.8) is 0 Å². The summed E-state index contributed by atoms with van der Waals surface area (Å²) in [6.07, 6.45) is 9.25. The molecular formula is C35H45ClN2O6S. The lowest BCUT2D eigenvalue weighted by atomic mass is 9.68. The quantitative estimate of drug-likeness (QED) is 0.330. The zero-order chi connectivity index (χ0) is 31.8. The fraction of sp³-hybridized carbons (Fsp3) is 0.571. The summed E-state index contributed by atoms with van der Waals surface area (Å²) in [5.74, 6) is 0.394. The number of carbonyl (C=O) groups excluding carboxylic acids is 1. The molecule has 6 atom stereocenters. The van der Waals surface area contributed by atoms with E-state index in [1.54, 1.807) is 13.2 Å². The van der Waals surface area contributed by atoms with Gasteiger partial charge < -0.3 is 19.1 Å². The van der Waals surface area contributed by atoms with Crippen molar-refractivity contribution in [2.45, 2.75) is 57.5 Å². The number of carbonyl (C=O) groups is 1. The number of rotatable bonds is 4. The van der Waals surface area contributed by atoms with Crippen LogP contribution in [-0.4, -0.2) is 66.2 Å². The maximum atomic E-state index is 13.4. The molecule has 2 heterocycles. The van der Waals surface area contributed by atoms with E-state index >= 15 is 0 Å². The van der Waals surface area contributed by atoms with Gasteiger partial charge in [0, 0.05) is 36.2 Å². The first-order valence-electron chi connectivity index (χ1n) is 16.2. The maximum Gasteiger partial charge on any atom is 0.264 e. The van der Waals surface area contributed by atoms with E-state index in [4.69, 9.17) is 25.8 Å². The molecule has 10 heteroatoms. The Labute approximate surface area is 272 Å². The average Bonchev–Trinajstić information content (AvgIpc) is 3.13. The summed E-state index contributed by atoms with van der Waals surface area (Å²) >= 11 is 6.43. The van der Waals surface area contributed by atoms with Crippen LogP contribution in [0.2, 0.25) is 5.02 Å². The molecule has 2 aliphatic carbocycles. The number of halogens is 1. The zero-order valence-corrected chi connectivity index (χ0v) is 28.0. The molecule has 8 nitrogen and oxygen atoms in total. The van der Waals surface area contributed by atoms with Crippen LogP contribution in [0.1, 0.15) is 61.0 Å². The number of hydrogen-bond donors (Lipinski definition) is 1. The average molecular weight is 657 g/mol. The number of fused-ring (bicyclic) bond motifs is 4. The normalized spacial score (nSPS) is 31.9. The SMILES string of the molecule is COCCO[C@H]1/C=C\[C@H](C)[C@H](C)CS(=O)(=O)NC(=O)c2ccc3c(c2)N(C[C@@H]2CC[C@H]21)C[C@@]1(CCCc2cc(Cl)ccc21)CO3. The van der Waals surface area contributed by atoms with Gasteiger partial charge in [0.05, 0.1) is 37.4 Å². The molecule has 0 unspecified atom stereocenters. The summed E-state index contributed by atoms with van der Waals surface area (Å²) in [7, 11) is -2.19. The van der Waals surface area contributed by atoms with E-state index in [9.17, 15) is 13.2 Å². The van der Waals surface area contributed by atoms with E-state index in [1.807, 2.05) is 32.0 Å². The summed E-state index contributed by atoms with van der Waals surface area (Å²) in [6, 6.07) is 11.5. The third-order valence-electron chi connectivity index (χ3n) is 10.5. The number of nitrogens with one attached hydrogen (secondary N) is 1. The molecule has 4 aliphatic rings. The smallest absolute Gasteiger partial charge is 0.264 e. The lowest BCUT2D eigenvalue weighted by Gasteiger charge is -2.46. The monoisotopic (exact) mass is 656 g/mol. The summed E-state index contributed by atoms with van der Waals surface area (Å²) in [6.45, 7) is 6.94. The highest BCUT2D eigenvalue weighted by molar-refractivity contribution is 7.90. The first-order valence-corrected chi connectivity index (χ1v) is 18.2. The second kappa shape index (κ2) is 13.3. The minimum Gasteiger partial charge on any atom is -0.490 e. The Morgan fingerprint density at radius 2 is 1.96 bits per heavy atom. The van der Waals surface area contributed by atoms with Gasteiger partial charge in [-0.1, -0.05) is 43.7 Å². The van der Waals surface area contributed by atoms with Crippen LogP contribution in [0.15, 0.2) is 48.6 Å². The molecular weight excluding hydrogens is 612 g/mol. The summed E-state index contributed by atoms with van der Waals surface area (Å²) in [4.78, 5) is 15.8. The van der Waals surface area contributed by atoms with Crippen LogP contribution < -0.4 is 14.4 Å². The van der Waals surface area contributed by atoms with Crippen molar-refractivity contribution in [2.24, 2.45) is 23.7 Å². The molecule has 6 rings (SSSR count). The molecule has 0 saturated heterocycles. The second-order valence-corrected chi connectivity index (χ2v) is 15.8. The van der Waals surface area contributed by atoms with Crippen molar-refractivity contribution in [2.75, 3.05) is 50.7 Å². The topological polar surface area (TPSA) is 94.2 Å². The lowest BCUT2D eigenvalue weighted by molar-refractivity contribution is -0.0311. The van der Waals surface area contributed by atoms with Gasteiger partial charge in [-0.05, 0) is 97.2 Å². The molecule has 2 aromatic carbocycles. The van der Waals surface area contributed by atoms with Crippen LogP contribution in [-0.2, 0) is 31.3 Å². The Kier molecular flexibility index (Phi) is 9.53. The molecule has 1 amide bonds. The van der Waals surface area contributed by atoms with E-state index in [2.05, 4.69) is 33.9 Å². The van der Waals surface area contributed by atoms with E-state index < -0.39 is 15.9 Å². The standard InChI is InChI=1S/C35H45ClN2O6S/c1-23-6-12-32(43-16-15-42-3)29-10-7-27(29)19-38-21-35(14-4-5-25-17-28(36)9-11-30(25)35)22-44-33-13-8-26(18-31(33)38)34(39)37-45(40,41)20-24(23)2/h6,8-9,11-13,17-18,23-24,27,29,32H,4-5,7,10,14-16,19-22H2,1-3H3,(H,37,39)/b12-6-/t23-,24+,27-,29+,32-,35-/m0/s1. The maximum absolute atomic E-state index is 13.4. The van der Waals surface area contributed by atoms with Crippen LogP contribution >= 0.6 is 11.6 Å². The first-order chi connectivity index (χ1) is 21.6. The molecule has 45 heavy (non-hydrogen) atoms. The molecule has 1 fully saturated rings. The summed E-state index contributed by atoms with van der Waals surface area (Å²) in [5, 5.41) is 0.743. The van der Waals surface area contributed by atoms with E-state index in [0.717, 1.165) is 55.9 Å². The lowest BCUT2D eigenvalue weighted by Crippen LogP contribution is -2.49. The number of methoxy groups -OCH3 is 1. The number of aryl methyl sites for hydroxylation is 1. The number of sulfonamides is 1. The highest BCUT2D eigenvalue weighted by Gasteiger charge is 2.44. The van der Waals surface area contributed by atoms with Crippen molar-refractivity contribution in [1.82, 2.24) is 4.72 Å². The number of hydrogen-bond acceptors (Lipinski definition) is 7. The van der Waals surface area contributed by atoms with Crippen LogP contribution in [0.4, 0.5) is 5.69 Å². The zero-order valence-electron chi connectivity index (χ0n) is 26.5. The number of ether oxygens (including phenoxy) is 3. The number of benzene rings is 2. The van der Waals surface area contributed by atoms with Gasteiger partial charge in [-0.2, -0.15) is 0 Å². The number of amides is 1. The Balaban J connectivity index is 1.41. The molecule has 2 bridgehead atoms. The third-order valence-corrected chi connectivity index (χ3v) is 12.2. The van der Waals surface area contributed by atoms with Crippen LogP contribution in [0.25, 0.3) is 0 Å². The van der Waals surface area contributed by atoms with Crippen LogP contribution in [0.5, 0.6) is 5.75 Å². The van der Waals surface area contributed by atoms with Gasteiger partial charge in [-0.3, -0.25) is 4.79 Å². The van der Waals surface area contributed by atoms with Crippen molar-refractivity contribution in [3.8, 4) is 5.75 Å². The second-order valence-electron chi connectivity index (χ2n) is 13.6. The fourth-order valence-corrected chi connectivity index (χ4v) is 9.27. The van der Waals surface area contributed by atoms with Gasteiger partial charge in [-0.25, -0.2) is 13.1 Å². The molecule has 1 N–H and O–H groups in total. The minimum absolute atomic E-state index is 0.0231. The fourth-order valence-electron chi connectivity index (χ4n) is 7.60. The first kappa shape index (κ1) is 32.4. The van der Waals surface area contributed by atoms with Gasteiger partial charge in [0.25, 0.3) is 5.91 Å². The highest BCUT2D eigenvalue weighted by Crippen LogP contribution is 2.47. The predicted octanol–water partition coefficient (Wildman–Crippen LogP) is 5.77. The van der Waals surface area contributed by atoms with Crippen LogP contribution in [0, 0.1) is 23.7 Å². The highest BCUT2D eigenvalue weighted by atomic mass is 35.5. The number of anilines is 1. The molecule has 1 saturated carbocycles. The number of allylic oxidation sites excluding steroid dienone is 1. The van der Waals surface area contributed by atoms with Gasteiger partial charge in [-0.15, -0.1) is 0 Å². The van der Waals surface area contributed by atoms with E-state index in [1.165, 1.54) is 11.1 Å².